The minimum Gasteiger partial charge on any atom is -0.387 e. The lowest BCUT2D eigenvalue weighted by Gasteiger charge is -2.29. The SMILES string of the molecule is CC(C)(O)C(F)CNC(=O)c1cnc(Cl)cc1NC1CCC(/C(C=N)=N/F)CC1.NCF. The van der Waals surface area contributed by atoms with Gasteiger partial charge in [0.05, 0.1) is 29.1 Å². The minimum absolute atomic E-state index is 0.0214. The van der Waals surface area contributed by atoms with Crippen molar-refractivity contribution >= 4 is 35.1 Å². The van der Waals surface area contributed by atoms with Crippen LogP contribution in [0.4, 0.5) is 18.9 Å². The average molecular weight is 479 g/mol. The molecule has 1 atom stereocenters. The Labute approximate surface area is 190 Å². The summed E-state index contributed by atoms with van der Waals surface area (Å²) >= 11 is 5.97. The molecule has 8 nitrogen and oxygen atoms in total. The number of halogens is 4. The summed E-state index contributed by atoms with van der Waals surface area (Å²) in [7, 11) is 0. The number of anilines is 1. The van der Waals surface area contributed by atoms with Gasteiger partial charge in [-0.15, -0.1) is 0 Å². The molecule has 2 rings (SSSR count). The molecule has 180 valence electrons. The van der Waals surface area contributed by atoms with E-state index in [1.807, 2.05) is 0 Å². The van der Waals surface area contributed by atoms with Gasteiger partial charge >= 0.3 is 0 Å². The standard InChI is InChI=1S/C19H26ClF2N5O2.CH4FN/c1-19(2,29)16(21)10-25-18(28)13-9-24-17(20)7-14(13)26-12-5-3-11(4-6-12)15(8-23)27-22;2-1-3/h7-9,11-12,16,23,29H,3-6,10H2,1-2H3,(H,24,26)(H,25,28);1,3H2/b23-8?,27-15+;. The second-order valence-corrected chi connectivity index (χ2v) is 8.27. The van der Waals surface area contributed by atoms with E-state index in [1.54, 1.807) is 0 Å². The number of aromatic nitrogens is 1. The Morgan fingerprint density at radius 2 is 2.06 bits per heavy atom. The Kier molecular flexibility index (Phi) is 11.6. The number of pyridine rings is 1. The smallest absolute Gasteiger partial charge is 0.255 e. The van der Waals surface area contributed by atoms with Crippen LogP contribution >= 0.6 is 11.6 Å². The van der Waals surface area contributed by atoms with E-state index in [0.29, 0.717) is 31.4 Å². The van der Waals surface area contributed by atoms with Crippen LogP contribution in [0.25, 0.3) is 0 Å². The molecule has 1 heterocycles. The second kappa shape index (κ2) is 13.3. The molecule has 1 unspecified atom stereocenters. The summed E-state index contributed by atoms with van der Waals surface area (Å²) in [6, 6.07) is 1.55. The Morgan fingerprint density at radius 3 is 2.56 bits per heavy atom. The largest absolute Gasteiger partial charge is 0.387 e. The van der Waals surface area contributed by atoms with E-state index in [1.165, 1.54) is 26.1 Å². The predicted octanol–water partition coefficient (Wildman–Crippen LogP) is 3.39. The molecule has 1 saturated carbocycles. The molecule has 0 bridgehead atoms. The van der Waals surface area contributed by atoms with Gasteiger partial charge in [0.25, 0.3) is 5.91 Å². The molecule has 0 saturated heterocycles. The van der Waals surface area contributed by atoms with Crippen molar-refractivity contribution in [2.24, 2.45) is 16.9 Å². The van der Waals surface area contributed by atoms with Gasteiger partial charge < -0.3 is 26.9 Å². The van der Waals surface area contributed by atoms with Crippen molar-refractivity contribution in [1.29, 1.82) is 5.41 Å². The van der Waals surface area contributed by atoms with Crippen LogP contribution in [0.2, 0.25) is 5.15 Å². The zero-order valence-electron chi connectivity index (χ0n) is 18.0. The lowest BCUT2D eigenvalue weighted by molar-refractivity contribution is -0.00177. The number of aliphatic hydroxyl groups is 1. The third kappa shape index (κ3) is 8.71. The van der Waals surface area contributed by atoms with Crippen molar-refractivity contribution in [3.8, 4) is 0 Å². The highest BCUT2D eigenvalue weighted by Gasteiger charge is 2.28. The van der Waals surface area contributed by atoms with Gasteiger partial charge in [-0.25, -0.2) is 13.8 Å². The molecule has 0 spiro atoms. The van der Waals surface area contributed by atoms with Gasteiger partial charge in [-0.1, -0.05) is 21.3 Å². The molecular formula is C20H30ClF3N6O2. The Morgan fingerprint density at radius 1 is 1.47 bits per heavy atom. The first-order valence-corrected chi connectivity index (χ1v) is 10.5. The number of nitrogens with zero attached hydrogens (tertiary/aromatic N) is 2. The summed E-state index contributed by atoms with van der Waals surface area (Å²) in [4.78, 5) is 16.4. The van der Waals surface area contributed by atoms with Crippen molar-refractivity contribution < 1.29 is 23.2 Å². The van der Waals surface area contributed by atoms with E-state index in [9.17, 15) is 23.2 Å². The molecule has 0 aromatic carbocycles. The fourth-order valence-electron chi connectivity index (χ4n) is 3.22. The van der Waals surface area contributed by atoms with E-state index in [2.05, 4.69) is 26.6 Å². The number of nitrogens with one attached hydrogen (secondary N) is 3. The number of hydrogen-bond donors (Lipinski definition) is 5. The number of alkyl halides is 2. The van der Waals surface area contributed by atoms with Gasteiger partial charge in [0.2, 0.25) is 0 Å². The topological polar surface area (TPSA) is 136 Å². The van der Waals surface area contributed by atoms with Gasteiger partial charge in [-0.2, -0.15) is 0 Å². The number of carbonyl (C=O) groups is 1. The van der Waals surface area contributed by atoms with E-state index < -0.39 is 24.5 Å². The summed E-state index contributed by atoms with van der Waals surface area (Å²) < 4.78 is 36.6. The maximum atomic E-state index is 13.9. The Hall–Kier alpha value is -2.24. The summed E-state index contributed by atoms with van der Waals surface area (Å²) in [6.07, 6.45) is 3.34. The van der Waals surface area contributed by atoms with Gasteiger partial charge in [0, 0.05) is 24.4 Å². The lowest BCUT2D eigenvalue weighted by atomic mass is 9.83. The maximum absolute atomic E-state index is 13.9. The van der Waals surface area contributed by atoms with Crippen LogP contribution in [0, 0.1) is 11.3 Å². The zero-order chi connectivity index (χ0) is 24.3. The zero-order valence-corrected chi connectivity index (χ0v) is 18.8. The Balaban J connectivity index is 0.00000161. The van der Waals surface area contributed by atoms with E-state index in [4.69, 9.17) is 17.0 Å². The summed E-state index contributed by atoms with van der Waals surface area (Å²) in [5.74, 6) is -0.629. The second-order valence-electron chi connectivity index (χ2n) is 7.88. The van der Waals surface area contributed by atoms with Crippen LogP contribution < -0.4 is 16.4 Å². The molecule has 1 aliphatic rings. The number of carbonyl (C=O) groups excluding carboxylic acids is 1. The van der Waals surface area contributed by atoms with Crippen LogP contribution in [0.5, 0.6) is 0 Å². The normalized spacial score (nSPS) is 19.9. The molecular weight excluding hydrogens is 449 g/mol. The van der Waals surface area contributed by atoms with E-state index in [0.717, 1.165) is 6.21 Å². The quantitative estimate of drug-likeness (QED) is 0.221. The highest BCUT2D eigenvalue weighted by atomic mass is 35.5. The van der Waals surface area contributed by atoms with Crippen LogP contribution in [0.15, 0.2) is 17.5 Å². The predicted molar refractivity (Wildman–Crippen MR) is 120 cm³/mol. The first kappa shape index (κ1) is 27.8. The van der Waals surface area contributed by atoms with E-state index in [-0.39, 0.29) is 34.9 Å². The lowest BCUT2D eigenvalue weighted by Crippen LogP contribution is -2.42. The molecule has 1 fully saturated rings. The first-order valence-electron chi connectivity index (χ1n) is 10.1. The van der Waals surface area contributed by atoms with Gasteiger partial charge in [-0.3, -0.25) is 4.79 Å². The minimum atomic E-state index is -1.63. The first-order chi connectivity index (χ1) is 15.1. The average Bonchev–Trinajstić information content (AvgIpc) is 2.74. The number of rotatable bonds is 8. The van der Waals surface area contributed by atoms with Crippen molar-refractivity contribution in [2.75, 3.05) is 18.7 Å². The molecule has 0 radical (unpaired) electrons. The Bertz CT molecular complexity index is 783. The van der Waals surface area contributed by atoms with Crippen LogP contribution in [0.1, 0.15) is 49.9 Å². The summed E-state index contributed by atoms with van der Waals surface area (Å²) in [6.45, 7) is 1.56. The summed E-state index contributed by atoms with van der Waals surface area (Å²) in [5.41, 5.74) is 3.44. The highest BCUT2D eigenvalue weighted by Crippen LogP contribution is 2.29. The molecule has 1 aliphatic carbocycles. The molecule has 0 aliphatic heterocycles. The third-order valence-electron chi connectivity index (χ3n) is 5.07. The van der Waals surface area contributed by atoms with Crippen LogP contribution in [-0.4, -0.2) is 59.1 Å². The monoisotopic (exact) mass is 478 g/mol. The fraction of sp³-hybridized carbons (Fsp3) is 0.600. The van der Waals surface area contributed by atoms with Gasteiger partial charge in [0.15, 0.2) is 0 Å². The van der Waals surface area contributed by atoms with Crippen molar-refractivity contribution in [3.05, 3.63) is 23.0 Å². The van der Waals surface area contributed by atoms with Crippen molar-refractivity contribution in [1.82, 2.24) is 10.3 Å². The molecule has 32 heavy (non-hydrogen) atoms. The van der Waals surface area contributed by atoms with E-state index >= 15 is 0 Å². The summed E-state index contributed by atoms with van der Waals surface area (Å²) in [5, 5.41) is 25.5. The maximum Gasteiger partial charge on any atom is 0.255 e. The van der Waals surface area contributed by atoms with Crippen LogP contribution in [0.3, 0.4) is 0 Å². The number of amides is 1. The molecule has 1 aromatic heterocycles. The van der Waals surface area contributed by atoms with Gasteiger partial charge in [-0.05, 0) is 45.6 Å². The molecule has 1 aromatic rings. The van der Waals surface area contributed by atoms with Gasteiger partial charge in [0.1, 0.15) is 18.1 Å². The molecule has 12 heteroatoms. The number of hydrogen-bond acceptors (Lipinski definition) is 7. The van der Waals surface area contributed by atoms with Crippen molar-refractivity contribution in [3.63, 3.8) is 0 Å². The third-order valence-corrected chi connectivity index (χ3v) is 5.28. The molecule has 6 N–H and O–H groups in total. The highest BCUT2D eigenvalue weighted by molar-refractivity contribution is 6.30. The fourth-order valence-corrected chi connectivity index (χ4v) is 3.38. The molecule has 1 amide bonds. The van der Waals surface area contributed by atoms with Crippen molar-refractivity contribution in [2.45, 2.75) is 57.3 Å². The number of nitrogens with two attached hydrogens (primary N) is 1. The van der Waals surface area contributed by atoms with Crippen LogP contribution in [-0.2, 0) is 0 Å².